The maximum atomic E-state index is 8.75. The number of benzene rings is 2. The van der Waals surface area contributed by atoms with Crippen molar-refractivity contribution in [3.63, 3.8) is 0 Å². The highest BCUT2D eigenvalue weighted by Gasteiger charge is 2.06. The smallest absolute Gasteiger partial charge is 0.247 e. The number of aromatic nitrogens is 2. The van der Waals surface area contributed by atoms with E-state index >= 15 is 0 Å². The van der Waals surface area contributed by atoms with Gasteiger partial charge in [0, 0.05) is 22.3 Å². The van der Waals surface area contributed by atoms with Crippen molar-refractivity contribution in [1.82, 2.24) is 10.2 Å². The van der Waals surface area contributed by atoms with Crippen LogP contribution in [0.1, 0.15) is 24.5 Å². The summed E-state index contributed by atoms with van der Waals surface area (Å²) in [6.45, 7) is 4.94. The highest BCUT2D eigenvalue weighted by molar-refractivity contribution is 9.10. The quantitative estimate of drug-likeness (QED) is 0.559. The second-order valence-electron chi connectivity index (χ2n) is 5.39. The zero-order chi connectivity index (χ0) is 18.9. The monoisotopic (exact) mass is 432 g/mol. The van der Waals surface area contributed by atoms with E-state index in [1.165, 1.54) is 6.39 Å². The number of hydrogen-bond acceptors (Lipinski definition) is 5. The average molecular weight is 434 g/mol. The molecule has 0 atom stereocenters. The fourth-order valence-electron chi connectivity index (χ4n) is 2.11. The summed E-state index contributed by atoms with van der Waals surface area (Å²) >= 11 is 9.36. The molecule has 3 rings (SSSR count). The molecule has 2 aromatic carbocycles. The molecule has 0 spiro atoms. The molecule has 3 aromatic rings. The summed E-state index contributed by atoms with van der Waals surface area (Å²) in [5.41, 5.74) is 3.41. The van der Waals surface area contributed by atoms with Crippen molar-refractivity contribution in [3.05, 3.63) is 63.4 Å². The van der Waals surface area contributed by atoms with Crippen molar-refractivity contribution in [2.24, 2.45) is 0 Å². The summed E-state index contributed by atoms with van der Waals surface area (Å²) in [5.74, 6) is 0.544. The van der Waals surface area contributed by atoms with E-state index in [4.69, 9.17) is 21.3 Å². The summed E-state index contributed by atoms with van der Waals surface area (Å²) in [4.78, 5) is 0. The second kappa shape index (κ2) is 9.95. The van der Waals surface area contributed by atoms with Gasteiger partial charge in [0.25, 0.3) is 0 Å². The molecule has 1 aromatic heterocycles. The molecule has 1 N–H and O–H groups in total. The van der Waals surface area contributed by atoms with Crippen molar-refractivity contribution >= 4 is 33.2 Å². The maximum absolute atomic E-state index is 8.75. The van der Waals surface area contributed by atoms with Crippen LogP contribution in [0.25, 0.3) is 11.5 Å². The SMILES string of the molecule is Brc1ccc(-c2nnco2)cc1.CCCNc1ccc(C#N)c(Cl)c1C. The molecule has 0 aliphatic carbocycles. The molecule has 0 aliphatic heterocycles. The maximum Gasteiger partial charge on any atom is 0.247 e. The Kier molecular flexibility index (Phi) is 7.64. The van der Waals surface area contributed by atoms with E-state index in [-0.39, 0.29) is 0 Å². The molecule has 0 radical (unpaired) electrons. The number of anilines is 1. The van der Waals surface area contributed by atoms with Gasteiger partial charge in [-0.15, -0.1) is 10.2 Å². The first-order chi connectivity index (χ1) is 12.6. The third-order valence-electron chi connectivity index (χ3n) is 3.52. The molecular weight excluding hydrogens is 416 g/mol. The molecule has 1 heterocycles. The number of nitriles is 1. The number of halogens is 2. The first-order valence-corrected chi connectivity index (χ1v) is 9.19. The van der Waals surface area contributed by atoms with Gasteiger partial charge in [0.1, 0.15) is 6.07 Å². The van der Waals surface area contributed by atoms with Crippen molar-refractivity contribution in [3.8, 4) is 17.5 Å². The first kappa shape index (κ1) is 20.0. The molecule has 5 nitrogen and oxygen atoms in total. The van der Waals surface area contributed by atoms with Crippen molar-refractivity contribution in [1.29, 1.82) is 5.26 Å². The Morgan fingerprint density at radius 1 is 1.23 bits per heavy atom. The predicted molar refractivity (Wildman–Crippen MR) is 107 cm³/mol. The zero-order valence-electron chi connectivity index (χ0n) is 14.5. The van der Waals surface area contributed by atoms with E-state index in [0.29, 0.717) is 16.5 Å². The largest absolute Gasteiger partial charge is 0.423 e. The summed E-state index contributed by atoms with van der Waals surface area (Å²) in [7, 11) is 0. The van der Waals surface area contributed by atoms with Crippen LogP contribution in [0.4, 0.5) is 5.69 Å². The Labute approximate surface area is 166 Å². The standard InChI is InChI=1S/C11H13ClN2.C8H5BrN2O/c1-3-6-14-10-5-4-9(7-13)11(12)8(10)2;9-7-3-1-6(2-4-7)8-11-10-5-12-8/h4-5,14H,3,6H2,1-2H3;1-5H. The van der Waals surface area contributed by atoms with E-state index in [0.717, 1.165) is 34.3 Å². The zero-order valence-corrected chi connectivity index (χ0v) is 16.8. The molecule has 26 heavy (non-hydrogen) atoms. The second-order valence-corrected chi connectivity index (χ2v) is 6.68. The Morgan fingerprint density at radius 2 is 1.96 bits per heavy atom. The van der Waals surface area contributed by atoms with Crippen molar-refractivity contribution < 1.29 is 4.42 Å². The Bertz CT molecular complexity index is 874. The van der Waals surface area contributed by atoms with Crippen molar-refractivity contribution in [2.75, 3.05) is 11.9 Å². The fourth-order valence-corrected chi connectivity index (χ4v) is 2.59. The molecule has 0 fully saturated rings. The van der Waals surface area contributed by atoms with Crippen LogP contribution in [0.3, 0.4) is 0 Å². The van der Waals surface area contributed by atoms with Gasteiger partial charge in [-0.3, -0.25) is 0 Å². The summed E-state index contributed by atoms with van der Waals surface area (Å²) < 4.78 is 6.05. The van der Waals surface area contributed by atoms with Crippen molar-refractivity contribution in [2.45, 2.75) is 20.3 Å². The lowest BCUT2D eigenvalue weighted by molar-refractivity contribution is 0.568. The van der Waals surface area contributed by atoms with Gasteiger partial charge in [0.2, 0.25) is 12.3 Å². The lowest BCUT2D eigenvalue weighted by Gasteiger charge is -2.10. The lowest BCUT2D eigenvalue weighted by Crippen LogP contribution is -2.02. The van der Waals surface area contributed by atoms with Crippen LogP contribution in [-0.4, -0.2) is 16.7 Å². The number of rotatable bonds is 4. The normalized spacial score (nSPS) is 9.81. The third kappa shape index (κ3) is 5.32. The van der Waals surface area contributed by atoms with Crippen LogP contribution in [-0.2, 0) is 0 Å². The molecule has 0 bridgehead atoms. The Morgan fingerprint density at radius 3 is 2.54 bits per heavy atom. The van der Waals surface area contributed by atoms with E-state index in [1.807, 2.05) is 37.3 Å². The van der Waals surface area contributed by atoms with E-state index in [2.05, 4.69) is 44.4 Å². The van der Waals surface area contributed by atoms with Gasteiger partial charge in [-0.05, 0) is 55.3 Å². The fraction of sp³-hybridized carbons (Fsp3) is 0.211. The van der Waals surface area contributed by atoms with E-state index in [1.54, 1.807) is 6.07 Å². The van der Waals surface area contributed by atoms with Gasteiger partial charge in [-0.1, -0.05) is 34.5 Å². The third-order valence-corrected chi connectivity index (χ3v) is 4.54. The minimum atomic E-state index is 0.534. The van der Waals surface area contributed by atoms with Gasteiger partial charge in [0.05, 0.1) is 10.6 Å². The first-order valence-electron chi connectivity index (χ1n) is 8.02. The molecule has 0 aliphatic rings. The van der Waals surface area contributed by atoms with Crippen LogP contribution in [0.5, 0.6) is 0 Å². The Hall–Kier alpha value is -2.36. The molecule has 0 unspecified atom stereocenters. The topological polar surface area (TPSA) is 74.7 Å². The minimum absolute atomic E-state index is 0.534. The highest BCUT2D eigenvalue weighted by atomic mass is 79.9. The van der Waals surface area contributed by atoms with Crippen LogP contribution in [0.2, 0.25) is 5.02 Å². The molecule has 0 amide bonds. The minimum Gasteiger partial charge on any atom is -0.423 e. The molecule has 134 valence electrons. The van der Waals surface area contributed by atoms with Crippen LogP contribution < -0.4 is 5.32 Å². The molecule has 0 saturated heterocycles. The number of nitrogens with one attached hydrogen (secondary N) is 1. The highest BCUT2D eigenvalue weighted by Crippen LogP contribution is 2.26. The summed E-state index contributed by atoms with van der Waals surface area (Å²) in [5, 5.41) is 19.9. The predicted octanol–water partition coefficient (Wildman–Crippen LogP) is 5.84. The van der Waals surface area contributed by atoms with Gasteiger partial charge < -0.3 is 9.73 Å². The van der Waals surface area contributed by atoms with E-state index < -0.39 is 0 Å². The van der Waals surface area contributed by atoms with Gasteiger partial charge in [-0.2, -0.15) is 5.26 Å². The van der Waals surface area contributed by atoms with Gasteiger partial charge in [-0.25, -0.2) is 0 Å². The van der Waals surface area contributed by atoms with Gasteiger partial charge in [0.15, 0.2) is 0 Å². The van der Waals surface area contributed by atoms with Crippen LogP contribution in [0.15, 0.2) is 51.7 Å². The molecule has 7 heteroatoms. The van der Waals surface area contributed by atoms with Gasteiger partial charge >= 0.3 is 0 Å². The number of nitrogens with zero attached hydrogens (tertiary/aromatic N) is 3. The lowest BCUT2D eigenvalue weighted by atomic mass is 10.1. The number of hydrogen-bond donors (Lipinski definition) is 1. The van der Waals surface area contributed by atoms with Crippen LogP contribution >= 0.6 is 27.5 Å². The summed E-state index contributed by atoms with van der Waals surface area (Å²) in [6, 6.07) is 13.4. The summed E-state index contributed by atoms with van der Waals surface area (Å²) in [6.07, 6.45) is 2.38. The molecule has 0 saturated carbocycles. The average Bonchev–Trinajstić information content (AvgIpc) is 3.19. The Balaban J connectivity index is 0.000000189. The van der Waals surface area contributed by atoms with E-state index in [9.17, 15) is 0 Å². The van der Waals surface area contributed by atoms with Crippen LogP contribution in [0, 0.1) is 18.3 Å². The molecular formula is C19H18BrClN4O.